The summed E-state index contributed by atoms with van der Waals surface area (Å²) < 4.78 is 0. The fraction of sp³-hybridized carbons (Fsp3) is 0.182. The summed E-state index contributed by atoms with van der Waals surface area (Å²) in [5.41, 5.74) is 1.53. The summed E-state index contributed by atoms with van der Waals surface area (Å²) in [6.07, 6.45) is 1.76. The van der Waals surface area contributed by atoms with Gasteiger partial charge in [-0.25, -0.2) is 0 Å². The molecular formula is C11H13NO2. The van der Waals surface area contributed by atoms with Crippen LogP contribution in [0.4, 0.5) is 0 Å². The van der Waals surface area contributed by atoms with E-state index < -0.39 is 0 Å². The molecule has 0 saturated carbocycles. The van der Waals surface area contributed by atoms with Gasteiger partial charge in [-0.2, -0.15) is 0 Å². The van der Waals surface area contributed by atoms with Crippen molar-refractivity contribution < 1.29 is 9.90 Å². The highest BCUT2D eigenvalue weighted by atomic mass is 16.3. The van der Waals surface area contributed by atoms with Gasteiger partial charge < -0.3 is 10.4 Å². The van der Waals surface area contributed by atoms with E-state index in [1.165, 1.54) is 0 Å². The normalized spacial score (nSPS) is 11.1. The maximum Gasteiger partial charge on any atom is 0.246 e. The molecule has 1 aromatic rings. The lowest BCUT2D eigenvalue weighted by atomic mass is 10.1. The molecule has 0 aliphatic heterocycles. The highest BCUT2D eigenvalue weighted by Crippen LogP contribution is 2.12. The van der Waals surface area contributed by atoms with Crippen molar-refractivity contribution in [1.82, 2.24) is 5.32 Å². The van der Waals surface area contributed by atoms with Crippen molar-refractivity contribution in [3.63, 3.8) is 0 Å². The van der Waals surface area contributed by atoms with Gasteiger partial charge in [0.1, 0.15) is 5.75 Å². The molecule has 0 unspecified atom stereocenters. The molecule has 0 radical (unpaired) electrons. The number of rotatable bonds is 2. The van der Waals surface area contributed by atoms with Crippen molar-refractivity contribution in [3.8, 4) is 5.75 Å². The summed E-state index contributed by atoms with van der Waals surface area (Å²) in [4.78, 5) is 11.2. The molecule has 3 nitrogen and oxygen atoms in total. The Morgan fingerprint density at radius 2 is 1.93 bits per heavy atom. The molecule has 0 atom stereocenters. The molecule has 14 heavy (non-hydrogen) atoms. The zero-order valence-corrected chi connectivity index (χ0v) is 8.24. The lowest BCUT2D eigenvalue weighted by Crippen LogP contribution is -2.18. The van der Waals surface area contributed by atoms with Gasteiger partial charge in [0.15, 0.2) is 0 Å². The first-order chi connectivity index (χ1) is 6.63. The largest absolute Gasteiger partial charge is 0.508 e. The minimum atomic E-state index is -0.0990. The topological polar surface area (TPSA) is 49.3 Å². The van der Waals surface area contributed by atoms with Crippen LogP contribution in [0, 0.1) is 0 Å². The van der Waals surface area contributed by atoms with Gasteiger partial charge in [-0.15, -0.1) is 0 Å². The van der Waals surface area contributed by atoms with E-state index >= 15 is 0 Å². The Balaban J connectivity index is 2.86. The summed E-state index contributed by atoms with van der Waals surface area (Å²) in [6, 6.07) is 6.68. The van der Waals surface area contributed by atoms with Gasteiger partial charge in [0, 0.05) is 12.6 Å². The zero-order chi connectivity index (χ0) is 10.6. The number of benzene rings is 1. The van der Waals surface area contributed by atoms with Gasteiger partial charge >= 0.3 is 0 Å². The Labute approximate surface area is 83.1 Å². The molecule has 1 rings (SSSR count). The number of hydrogen-bond acceptors (Lipinski definition) is 2. The van der Waals surface area contributed by atoms with E-state index in [0.29, 0.717) is 5.57 Å². The van der Waals surface area contributed by atoms with E-state index in [1.54, 1.807) is 44.3 Å². The van der Waals surface area contributed by atoms with E-state index in [1.807, 2.05) is 0 Å². The van der Waals surface area contributed by atoms with Crippen LogP contribution in [0.1, 0.15) is 12.5 Å². The van der Waals surface area contributed by atoms with E-state index in [-0.39, 0.29) is 11.7 Å². The number of carbonyl (C=O) groups is 1. The molecule has 0 fully saturated rings. The number of phenolic OH excluding ortho intramolecular Hbond substituents is 1. The van der Waals surface area contributed by atoms with Crippen LogP contribution >= 0.6 is 0 Å². The lowest BCUT2D eigenvalue weighted by Gasteiger charge is -1.99. The highest BCUT2D eigenvalue weighted by molar-refractivity contribution is 5.96. The van der Waals surface area contributed by atoms with Crippen LogP contribution in [0.25, 0.3) is 6.08 Å². The van der Waals surface area contributed by atoms with Crippen LogP contribution in [0.15, 0.2) is 29.8 Å². The van der Waals surface area contributed by atoms with Gasteiger partial charge in [-0.05, 0) is 30.7 Å². The van der Waals surface area contributed by atoms with Crippen molar-refractivity contribution in [3.05, 3.63) is 35.4 Å². The summed E-state index contributed by atoms with van der Waals surface area (Å²) in [5.74, 6) is 0.123. The molecule has 0 saturated heterocycles. The predicted molar refractivity (Wildman–Crippen MR) is 55.8 cm³/mol. The third-order valence-corrected chi connectivity index (χ3v) is 1.86. The predicted octanol–water partition coefficient (Wildman–Crippen LogP) is 1.54. The van der Waals surface area contributed by atoms with Gasteiger partial charge in [0.05, 0.1) is 0 Å². The van der Waals surface area contributed by atoms with E-state index in [0.717, 1.165) is 5.56 Å². The number of likely N-dealkylation sites (N-methyl/N-ethyl adjacent to an activating group) is 1. The lowest BCUT2D eigenvalue weighted by molar-refractivity contribution is -0.116. The first-order valence-electron chi connectivity index (χ1n) is 4.33. The van der Waals surface area contributed by atoms with Crippen molar-refractivity contribution in [2.75, 3.05) is 7.05 Å². The first kappa shape index (κ1) is 10.3. The molecule has 0 aliphatic carbocycles. The van der Waals surface area contributed by atoms with Crippen LogP contribution in [-0.2, 0) is 4.79 Å². The first-order valence-corrected chi connectivity index (χ1v) is 4.33. The van der Waals surface area contributed by atoms with Gasteiger partial charge in [-0.3, -0.25) is 4.79 Å². The van der Waals surface area contributed by atoms with Gasteiger partial charge in [0.25, 0.3) is 0 Å². The molecule has 74 valence electrons. The van der Waals surface area contributed by atoms with Gasteiger partial charge in [0.2, 0.25) is 5.91 Å². The van der Waals surface area contributed by atoms with Crippen LogP contribution in [0.5, 0.6) is 5.75 Å². The molecule has 1 amide bonds. The third kappa shape index (κ3) is 2.62. The molecule has 0 bridgehead atoms. The Morgan fingerprint density at radius 3 is 2.43 bits per heavy atom. The molecule has 2 N–H and O–H groups in total. The molecule has 0 aliphatic rings. The van der Waals surface area contributed by atoms with Gasteiger partial charge in [-0.1, -0.05) is 12.1 Å². The van der Waals surface area contributed by atoms with E-state index in [9.17, 15) is 4.79 Å². The Morgan fingerprint density at radius 1 is 1.36 bits per heavy atom. The molecule has 0 spiro atoms. The smallest absolute Gasteiger partial charge is 0.246 e. The van der Waals surface area contributed by atoms with E-state index in [4.69, 9.17) is 5.11 Å². The fourth-order valence-corrected chi connectivity index (χ4v) is 1.08. The number of phenols is 1. The Hall–Kier alpha value is -1.77. The maximum atomic E-state index is 11.2. The number of carbonyl (C=O) groups excluding carboxylic acids is 1. The Bertz CT molecular complexity index is 352. The maximum absolute atomic E-state index is 11.2. The molecule has 3 heteroatoms. The van der Waals surface area contributed by atoms with Crippen molar-refractivity contribution in [2.45, 2.75) is 6.92 Å². The minimum Gasteiger partial charge on any atom is -0.508 e. The minimum absolute atomic E-state index is 0.0990. The number of nitrogens with one attached hydrogen (secondary N) is 1. The van der Waals surface area contributed by atoms with Crippen LogP contribution in [0.3, 0.4) is 0 Å². The second-order valence-electron chi connectivity index (χ2n) is 3.00. The van der Waals surface area contributed by atoms with Crippen LogP contribution in [0.2, 0.25) is 0 Å². The van der Waals surface area contributed by atoms with Crippen molar-refractivity contribution in [1.29, 1.82) is 0 Å². The molecule has 0 aromatic heterocycles. The molecule has 1 aromatic carbocycles. The molecule has 0 heterocycles. The third-order valence-electron chi connectivity index (χ3n) is 1.86. The summed E-state index contributed by atoms with van der Waals surface area (Å²) in [7, 11) is 1.59. The number of hydrogen-bond donors (Lipinski definition) is 2. The summed E-state index contributed by atoms with van der Waals surface area (Å²) in [6.45, 7) is 1.74. The summed E-state index contributed by atoms with van der Waals surface area (Å²) >= 11 is 0. The molecular weight excluding hydrogens is 178 g/mol. The summed E-state index contributed by atoms with van der Waals surface area (Å²) in [5, 5.41) is 11.6. The van der Waals surface area contributed by atoms with Crippen molar-refractivity contribution in [2.24, 2.45) is 0 Å². The number of aromatic hydroxyl groups is 1. The highest BCUT2D eigenvalue weighted by Gasteiger charge is 1.99. The van der Waals surface area contributed by atoms with Crippen LogP contribution in [-0.4, -0.2) is 18.1 Å². The van der Waals surface area contributed by atoms with Crippen LogP contribution < -0.4 is 5.32 Å². The number of amides is 1. The van der Waals surface area contributed by atoms with E-state index in [2.05, 4.69) is 5.32 Å². The monoisotopic (exact) mass is 191 g/mol. The second kappa shape index (κ2) is 4.46. The standard InChI is InChI=1S/C11H13NO2/c1-8(11(14)12-2)7-9-3-5-10(13)6-4-9/h3-7,13H,1-2H3,(H,12,14)/b8-7+. The SMILES string of the molecule is CNC(=O)/C(C)=C/c1ccc(O)cc1. The fourth-order valence-electron chi connectivity index (χ4n) is 1.08. The second-order valence-corrected chi connectivity index (χ2v) is 3.00. The quantitative estimate of drug-likeness (QED) is 0.697. The van der Waals surface area contributed by atoms with Crippen molar-refractivity contribution >= 4 is 12.0 Å². The average Bonchev–Trinajstić information content (AvgIpc) is 2.20. The Kier molecular flexibility index (Phi) is 3.29. The average molecular weight is 191 g/mol. The zero-order valence-electron chi connectivity index (χ0n) is 8.24.